The van der Waals surface area contributed by atoms with Crippen molar-refractivity contribution in [2.75, 3.05) is 0 Å². The molecule has 0 fully saturated rings. The first kappa shape index (κ1) is 12.6. The molecule has 0 spiro atoms. The summed E-state index contributed by atoms with van der Waals surface area (Å²) in [6.07, 6.45) is 2.18. The van der Waals surface area contributed by atoms with Crippen LogP contribution in [0.2, 0.25) is 0 Å². The second kappa shape index (κ2) is 5.35. The molecule has 0 bridgehead atoms. The smallest absolute Gasteiger partial charge is 0.166 e. The number of hydrogen-bond donors (Lipinski definition) is 2. The SMILES string of the molecule is CCCCCC(=O)[C@](C)(O)[C@H](C)O. The molecular formula is C10H20O3. The quantitative estimate of drug-likeness (QED) is 0.617. The van der Waals surface area contributed by atoms with Gasteiger partial charge in [0.1, 0.15) is 5.60 Å². The van der Waals surface area contributed by atoms with Crippen LogP contribution in [-0.4, -0.2) is 27.7 Å². The number of aliphatic hydroxyl groups excluding tert-OH is 1. The summed E-state index contributed by atoms with van der Waals surface area (Å²) in [5.41, 5.74) is -1.58. The lowest BCUT2D eigenvalue weighted by atomic mass is 9.91. The third kappa shape index (κ3) is 3.87. The molecular weight excluding hydrogens is 168 g/mol. The molecule has 0 aromatic rings. The number of carbonyl (C=O) groups is 1. The lowest BCUT2D eigenvalue weighted by Gasteiger charge is -2.24. The van der Waals surface area contributed by atoms with Gasteiger partial charge in [0, 0.05) is 6.42 Å². The van der Waals surface area contributed by atoms with Crippen molar-refractivity contribution in [3.63, 3.8) is 0 Å². The van der Waals surface area contributed by atoms with Gasteiger partial charge >= 0.3 is 0 Å². The molecule has 0 radical (unpaired) electrons. The molecule has 0 amide bonds. The Balaban J connectivity index is 3.95. The van der Waals surface area contributed by atoms with Crippen LogP contribution < -0.4 is 0 Å². The molecule has 13 heavy (non-hydrogen) atoms. The molecule has 0 aliphatic rings. The molecule has 0 saturated heterocycles. The van der Waals surface area contributed by atoms with Gasteiger partial charge in [0.05, 0.1) is 6.10 Å². The van der Waals surface area contributed by atoms with Gasteiger partial charge in [-0.2, -0.15) is 0 Å². The fourth-order valence-electron chi connectivity index (χ4n) is 1.02. The van der Waals surface area contributed by atoms with Crippen molar-refractivity contribution in [2.24, 2.45) is 0 Å². The van der Waals surface area contributed by atoms with Crippen molar-refractivity contribution in [3.05, 3.63) is 0 Å². The Labute approximate surface area is 79.8 Å². The van der Waals surface area contributed by atoms with Gasteiger partial charge in [0.15, 0.2) is 5.78 Å². The van der Waals surface area contributed by atoms with E-state index in [1.54, 1.807) is 0 Å². The number of rotatable bonds is 6. The lowest BCUT2D eigenvalue weighted by Crippen LogP contribution is -2.45. The van der Waals surface area contributed by atoms with Crippen molar-refractivity contribution < 1.29 is 15.0 Å². The number of unbranched alkanes of at least 4 members (excludes halogenated alkanes) is 2. The summed E-state index contributed by atoms with van der Waals surface area (Å²) in [6.45, 7) is 4.85. The van der Waals surface area contributed by atoms with Crippen molar-refractivity contribution in [1.82, 2.24) is 0 Å². The molecule has 78 valence electrons. The largest absolute Gasteiger partial charge is 0.390 e. The molecule has 3 heteroatoms. The van der Waals surface area contributed by atoms with E-state index in [4.69, 9.17) is 5.11 Å². The van der Waals surface area contributed by atoms with Crippen molar-refractivity contribution >= 4 is 5.78 Å². The Kier molecular flexibility index (Phi) is 5.18. The van der Waals surface area contributed by atoms with Gasteiger partial charge in [-0.3, -0.25) is 4.79 Å². The molecule has 3 nitrogen and oxygen atoms in total. The van der Waals surface area contributed by atoms with Gasteiger partial charge < -0.3 is 10.2 Å². The number of aliphatic hydroxyl groups is 2. The van der Waals surface area contributed by atoms with Crippen LogP contribution in [0.5, 0.6) is 0 Å². The summed E-state index contributed by atoms with van der Waals surface area (Å²) in [5, 5.41) is 18.7. The van der Waals surface area contributed by atoms with E-state index in [1.807, 2.05) is 0 Å². The Morgan fingerprint density at radius 3 is 2.38 bits per heavy atom. The molecule has 0 rings (SSSR count). The predicted molar refractivity (Wildman–Crippen MR) is 51.5 cm³/mol. The van der Waals surface area contributed by atoms with E-state index in [0.717, 1.165) is 19.3 Å². The van der Waals surface area contributed by atoms with Crippen LogP contribution in [0, 0.1) is 0 Å². The molecule has 2 N–H and O–H groups in total. The van der Waals surface area contributed by atoms with Crippen LogP contribution in [0.25, 0.3) is 0 Å². The number of hydrogen-bond acceptors (Lipinski definition) is 3. The second-order valence-electron chi connectivity index (χ2n) is 3.70. The van der Waals surface area contributed by atoms with E-state index in [0.29, 0.717) is 6.42 Å². The van der Waals surface area contributed by atoms with Gasteiger partial charge in [-0.15, -0.1) is 0 Å². The second-order valence-corrected chi connectivity index (χ2v) is 3.70. The fourth-order valence-corrected chi connectivity index (χ4v) is 1.02. The first-order chi connectivity index (χ1) is 5.92. The monoisotopic (exact) mass is 188 g/mol. The summed E-state index contributed by atoms with van der Waals surface area (Å²) in [6, 6.07) is 0. The lowest BCUT2D eigenvalue weighted by molar-refractivity contribution is -0.146. The summed E-state index contributed by atoms with van der Waals surface area (Å²) in [7, 11) is 0. The van der Waals surface area contributed by atoms with Crippen molar-refractivity contribution in [2.45, 2.75) is 58.2 Å². The summed E-state index contributed by atoms with van der Waals surface area (Å²) in [4.78, 5) is 11.4. The molecule has 0 heterocycles. The summed E-state index contributed by atoms with van der Waals surface area (Å²) in [5.74, 6) is -0.268. The molecule has 0 unspecified atom stereocenters. The summed E-state index contributed by atoms with van der Waals surface area (Å²) >= 11 is 0. The molecule has 0 saturated carbocycles. The van der Waals surface area contributed by atoms with Crippen LogP contribution in [0.1, 0.15) is 46.5 Å². The van der Waals surface area contributed by atoms with Gasteiger partial charge in [0.25, 0.3) is 0 Å². The zero-order valence-electron chi connectivity index (χ0n) is 8.71. The van der Waals surface area contributed by atoms with Gasteiger partial charge in [-0.25, -0.2) is 0 Å². The average Bonchev–Trinajstić information content (AvgIpc) is 2.04. The van der Waals surface area contributed by atoms with Crippen molar-refractivity contribution in [3.8, 4) is 0 Å². The Bertz CT molecular complexity index is 162. The first-order valence-electron chi connectivity index (χ1n) is 4.86. The average molecular weight is 188 g/mol. The van der Waals surface area contributed by atoms with Crippen LogP contribution in [0.3, 0.4) is 0 Å². The van der Waals surface area contributed by atoms with E-state index in [-0.39, 0.29) is 5.78 Å². The Morgan fingerprint density at radius 2 is 2.00 bits per heavy atom. The summed E-state index contributed by atoms with van der Waals surface area (Å²) < 4.78 is 0. The maximum Gasteiger partial charge on any atom is 0.166 e. The third-order valence-corrected chi connectivity index (χ3v) is 2.39. The highest BCUT2D eigenvalue weighted by atomic mass is 16.3. The standard InChI is InChI=1S/C10H20O3/c1-4-5-6-7-9(12)10(3,13)8(2)11/h8,11,13H,4-7H2,1-3H3/t8-,10+/m0/s1. The molecule has 2 atom stereocenters. The van der Waals surface area contributed by atoms with Crippen LogP contribution in [0.15, 0.2) is 0 Å². The van der Waals surface area contributed by atoms with E-state index < -0.39 is 11.7 Å². The fraction of sp³-hybridized carbons (Fsp3) is 0.900. The topological polar surface area (TPSA) is 57.5 Å². The molecule has 0 aromatic carbocycles. The van der Waals surface area contributed by atoms with E-state index in [9.17, 15) is 9.90 Å². The van der Waals surface area contributed by atoms with Crippen LogP contribution in [-0.2, 0) is 4.79 Å². The number of ketones is 1. The van der Waals surface area contributed by atoms with E-state index in [1.165, 1.54) is 13.8 Å². The maximum absolute atomic E-state index is 11.4. The third-order valence-electron chi connectivity index (χ3n) is 2.39. The molecule has 0 aliphatic carbocycles. The zero-order valence-corrected chi connectivity index (χ0v) is 8.71. The minimum absolute atomic E-state index is 0.268. The van der Waals surface area contributed by atoms with Crippen molar-refractivity contribution in [1.29, 1.82) is 0 Å². The molecule has 0 aliphatic heterocycles. The highest BCUT2D eigenvalue weighted by Gasteiger charge is 2.34. The highest BCUT2D eigenvalue weighted by molar-refractivity contribution is 5.87. The normalized spacial score (nSPS) is 17.9. The van der Waals surface area contributed by atoms with Gasteiger partial charge in [-0.05, 0) is 20.3 Å². The Morgan fingerprint density at radius 1 is 1.46 bits per heavy atom. The maximum atomic E-state index is 11.4. The highest BCUT2D eigenvalue weighted by Crippen LogP contribution is 2.15. The predicted octanol–water partition coefficient (Wildman–Crippen LogP) is 1.27. The number of carbonyl (C=O) groups excluding carboxylic acids is 1. The minimum Gasteiger partial charge on any atom is -0.390 e. The van der Waals surface area contributed by atoms with Gasteiger partial charge in [0.2, 0.25) is 0 Å². The molecule has 0 aromatic heterocycles. The van der Waals surface area contributed by atoms with Crippen LogP contribution in [0.4, 0.5) is 0 Å². The van der Waals surface area contributed by atoms with Gasteiger partial charge in [-0.1, -0.05) is 19.8 Å². The Hall–Kier alpha value is -0.410. The zero-order chi connectivity index (χ0) is 10.5. The van der Waals surface area contributed by atoms with Crippen LogP contribution >= 0.6 is 0 Å². The minimum atomic E-state index is -1.58. The number of Topliss-reactive ketones (excluding diaryl/α,β-unsaturated/α-hetero) is 1. The van der Waals surface area contributed by atoms with E-state index in [2.05, 4.69) is 6.92 Å². The first-order valence-corrected chi connectivity index (χ1v) is 4.86. The van der Waals surface area contributed by atoms with E-state index >= 15 is 0 Å².